The second-order valence-corrected chi connectivity index (χ2v) is 7.13. The summed E-state index contributed by atoms with van der Waals surface area (Å²) in [6.07, 6.45) is 5.40. The van der Waals surface area contributed by atoms with Gasteiger partial charge in [-0.2, -0.15) is 0 Å². The lowest BCUT2D eigenvalue weighted by atomic mass is 10.2. The first-order valence-electron chi connectivity index (χ1n) is 8.97. The van der Waals surface area contributed by atoms with E-state index in [1.807, 2.05) is 0 Å². The average molecular weight is 350 g/mol. The van der Waals surface area contributed by atoms with Crippen LogP contribution < -0.4 is 10.6 Å². The van der Waals surface area contributed by atoms with Crippen LogP contribution in [-0.2, 0) is 17.7 Å². The Kier molecular flexibility index (Phi) is 2.82. The van der Waals surface area contributed by atoms with Gasteiger partial charge < -0.3 is 19.9 Å². The topological polar surface area (TPSA) is 108 Å². The molecule has 1 saturated carbocycles. The van der Waals surface area contributed by atoms with E-state index in [1.165, 1.54) is 6.42 Å². The van der Waals surface area contributed by atoms with Crippen molar-refractivity contribution < 1.29 is 4.74 Å². The number of aromatic nitrogens is 6. The normalized spacial score (nSPS) is 23.9. The lowest BCUT2D eigenvalue weighted by Gasteiger charge is -2.31. The van der Waals surface area contributed by atoms with Gasteiger partial charge in [-0.1, -0.05) is 0 Å². The Morgan fingerprint density at radius 1 is 1.12 bits per heavy atom. The van der Waals surface area contributed by atoms with Gasteiger partial charge in [-0.3, -0.25) is 0 Å². The molecular formula is C17H18N8O. The molecule has 3 aliphatic rings. The van der Waals surface area contributed by atoms with Crippen LogP contribution in [0.5, 0.6) is 0 Å². The van der Waals surface area contributed by atoms with Crippen molar-refractivity contribution in [3.63, 3.8) is 0 Å². The largest absolute Gasteiger partial charge is 0.379 e. The maximum atomic E-state index is 5.62. The van der Waals surface area contributed by atoms with E-state index < -0.39 is 0 Å². The van der Waals surface area contributed by atoms with E-state index in [1.54, 1.807) is 12.4 Å². The van der Waals surface area contributed by atoms with E-state index >= 15 is 0 Å². The Balaban J connectivity index is 1.57. The van der Waals surface area contributed by atoms with Crippen molar-refractivity contribution >= 4 is 22.9 Å². The third-order valence-electron chi connectivity index (χ3n) is 5.50. The number of imidazole rings is 1. The summed E-state index contributed by atoms with van der Waals surface area (Å²) in [5.74, 6) is 3.64. The van der Waals surface area contributed by atoms with Crippen LogP contribution in [0.15, 0.2) is 12.4 Å². The van der Waals surface area contributed by atoms with Gasteiger partial charge in [0, 0.05) is 37.9 Å². The average Bonchev–Trinajstić information content (AvgIpc) is 3.24. The molecule has 2 atom stereocenters. The first-order valence-corrected chi connectivity index (χ1v) is 8.97. The highest BCUT2D eigenvalue weighted by Crippen LogP contribution is 2.49. The zero-order valence-electron chi connectivity index (χ0n) is 14.2. The highest BCUT2D eigenvalue weighted by atomic mass is 16.5. The summed E-state index contributed by atoms with van der Waals surface area (Å²) in [6.45, 7) is 3.18. The highest BCUT2D eigenvalue weighted by Gasteiger charge is 2.53. The number of hydrogen-bond acceptors (Lipinski definition) is 8. The number of anilines is 2. The van der Waals surface area contributed by atoms with Gasteiger partial charge in [-0.05, 0) is 12.3 Å². The number of rotatable bonds is 2. The quantitative estimate of drug-likeness (QED) is 0.718. The van der Waals surface area contributed by atoms with Gasteiger partial charge in [0.1, 0.15) is 5.82 Å². The molecular weight excluding hydrogens is 332 g/mol. The van der Waals surface area contributed by atoms with Crippen LogP contribution in [0.1, 0.15) is 12.2 Å². The van der Waals surface area contributed by atoms with Crippen molar-refractivity contribution in [3.8, 4) is 11.4 Å². The Bertz CT molecular complexity index is 1010. The van der Waals surface area contributed by atoms with Gasteiger partial charge in [-0.15, -0.1) is 0 Å². The van der Waals surface area contributed by atoms with Crippen molar-refractivity contribution in [1.29, 1.82) is 0 Å². The standard InChI is InChI=1S/C17H18N8O/c18-17-19-6-10(7-20-17)14-22-15-13(16(23-14)25-8-9-5-11(9)25)21-12-1-3-26-4-2-24(12)15/h6-7,9,11H,1-5,8H2,(H2,18,19,20). The molecule has 1 saturated heterocycles. The van der Waals surface area contributed by atoms with Gasteiger partial charge in [0.25, 0.3) is 0 Å². The molecule has 2 aliphatic heterocycles. The van der Waals surface area contributed by atoms with Crippen molar-refractivity contribution in [2.75, 3.05) is 30.4 Å². The summed E-state index contributed by atoms with van der Waals surface area (Å²) >= 11 is 0. The molecule has 0 bridgehead atoms. The van der Waals surface area contributed by atoms with E-state index in [2.05, 4.69) is 19.4 Å². The molecule has 26 heavy (non-hydrogen) atoms. The second-order valence-electron chi connectivity index (χ2n) is 7.13. The van der Waals surface area contributed by atoms with Gasteiger partial charge in [0.05, 0.1) is 18.8 Å². The van der Waals surface area contributed by atoms with Crippen LogP contribution in [0.4, 0.5) is 11.8 Å². The molecule has 2 N–H and O–H groups in total. The molecule has 9 nitrogen and oxygen atoms in total. The Labute approximate surface area is 149 Å². The minimum Gasteiger partial charge on any atom is -0.379 e. The van der Waals surface area contributed by atoms with E-state index in [-0.39, 0.29) is 5.95 Å². The van der Waals surface area contributed by atoms with Crippen molar-refractivity contribution in [2.24, 2.45) is 5.92 Å². The Hall–Kier alpha value is -2.81. The van der Waals surface area contributed by atoms with Gasteiger partial charge in [0.2, 0.25) is 5.95 Å². The number of ether oxygens (including phenoxy) is 1. The Morgan fingerprint density at radius 3 is 2.77 bits per heavy atom. The van der Waals surface area contributed by atoms with E-state index in [4.69, 9.17) is 25.4 Å². The Morgan fingerprint density at radius 2 is 2.00 bits per heavy atom. The predicted molar refractivity (Wildman–Crippen MR) is 94.5 cm³/mol. The fourth-order valence-corrected chi connectivity index (χ4v) is 3.96. The summed E-state index contributed by atoms with van der Waals surface area (Å²) < 4.78 is 7.76. The van der Waals surface area contributed by atoms with Gasteiger partial charge >= 0.3 is 0 Å². The van der Waals surface area contributed by atoms with Crippen molar-refractivity contribution in [2.45, 2.75) is 25.4 Å². The van der Waals surface area contributed by atoms with E-state index in [0.717, 1.165) is 53.8 Å². The minimum absolute atomic E-state index is 0.244. The summed E-state index contributed by atoms with van der Waals surface area (Å²) in [5.41, 5.74) is 8.14. The third-order valence-corrected chi connectivity index (χ3v) is 5.50. The molecule has 0 radical (unpaired) electrons. The van der Waals surface area contributed by atoms with Crippen molar-refractivity contribution in [3.05, 3.63) is 18.2 Å². The summed E-state index contributed by atoms with van der Waals surface area (Å²) in [7, 11) is 0. The summed E-state index contributed by atoms with van der Waals surface area (Å²) in [5, 5.41) is 0. The van der Waals surface area contributed by atoms with Gasteiger partial charge in [-0.25, -0.2) is 24.9 Å². The molecule has 2 unspecified atom stereocenters. The molecule has 6 rings (SSSR count). The fourth-order valence-electron chi connectivity index (χ4n) is 3.96. The fraction of sp³-hybridized carbons (Fsp3) is 0.471. The van der Waals surface area contributed by atoms with E-state index in [9.17, 15) is 0 Å². The molecule has 5 heterocycles. The number of fused-ring (bicyclic) bond motifs is 4. The molecule has 3 aromatic rings. The third kappa shape index (κ3) is 2.03. The molecule has 9 heteroatoms. The lowest BCUT2D eigenvalue weighted by molar-refractivity contribution is 0.140. The van der Waals surface area contributed by atoms with Gasteiger partial charge in [0.15, 0.2) is 22.8 Å². The molecule has 0 aromatic carbocycles. The molecule has 2 fully saturated rings. The molecule has 3 aromatic heterocycles. The molecule has 132 valence electrons. The highest BCUT2D eigenvalue weighted by molar-refractivity contribution is 5.87. The van der Waals surface area contributed by atoms with Crippen molar-refractivity contribution in [1.82, 2.24) is 29.5 Å². The van der Waals surface area contributed by atoms with Crippen LogP contribution in [0.25, 0.3) is 22.6 Å². The first kappa shape index (κ1) is 14.4. The first-order chi connectivity index (χ1) is 12.8. The number of nitrogens with zero attached hydrogens (tertiary/aromatic N) is 7. The number of hydrogen-bond donors (Lipinski definition) is 1. The summed E-state index contributed by atoms with van der Waals surface area (Å²) in [6, 6.07) is 0.619. The van der Waals surface area contributed by atoms with Crippen LogP contribution in [0.3, 0.4) is 0 Å². The van der Waals surface area contributed by atoms with Crippen LogP contribution in [0, 0.1) is 5.92 Å². The monoisotopic (exact) mass is 350 g/mol. The predicted octanol–water partition coefficient (Wildman–Crippen LogP) is 0.647. The molecule has 1 aliphatic carbocycles. The number of nitrogens with two attached hydrogens (primary N) is 1. The smallest absolute Gasteiger partial charge is 0.219 e. The molecule has 0 amide bonds. The lowest BCUT2D eigenvalue weighted by Crippen LogP contribution is -2.40. The zero-order valence-corrected chi connectivity index (χ0v) is 14.2. The van der Waals surface area contributed by atoms with E-state index in [0.29, 0.717) is 25.1 Å². The molecule has 0 spiro atoms. The minimum atomic E-state index is 0.244. The number of nitrogen functional groups attached to an aromatic ring is 1. The van der Waals surface area contributed by atoms with Crippen LogP contribution in [-0.4, -0.2) is 55.3 Å². The second kappa shape index (κ2) is 5.10. The SMILES string of the molecule is Nc1ncc(-c2nc(N3CC4CC43)c3nc4n(c3n2)CCOCC4)cn1. The maximum absolute atomic E-state index is 5.62. The summed E-state index contributed by atoms with van der Waals surface area (Å²) in [4.78, 5) is 25.1. The zero-order chi connectivity index (χ0) is 17.3. The van der Waals surface area contributed by atoms with Crippen LogP contribution >= 0.6 is 0 Å². The maximum Gasteiger partial charge on any atom is 0.219 e. The van der Waals surface area contributed by atoms with Crippen LogP contribution in [0.2, 0.25) is 0 Å².